The molecule has 0 radical (unpaired) electrons. The Morgan fingerprint density at radius 3 is 2.43 bits per heavy atom. The van der Waals surface area contributed by atoms with Crippen molar-refractivity contribution < 1.29 is 14.4 Å². The molecule has 0 amide bonds. The molecule has 0 aromatic heterocycles. The summed E-state index contributed by atoms with van der Waals surface area (Å²) in [4.78, 5) is 19.3. The summed E-state index contributed by atoms with van der Waals surface area (Å²) in [6, 6.07) is 4.38. The lowest BCUT2D eigenvalue weighted by Crippen LogP contribution is -2.11. The van der Waals surface area contributed by atoms with Gasteiger partial charge in [-0.25, -0.2) is 0 Å². The molecule has 0 saturated carbocycles. The number of rotatable bonds is 2. The van der Waals surface area contributed by atoms with Crippen molar-refractivity contribution in [3.8, 4) is 0 Å². The summed E-state index contributed by atoms with van der Waals surface area (Å²) in [7, 11) is -3.58. The van der Waals surface area contributed by atoms with Crippen molar-refractivity contribution in [2.24, 2.45) is 0 Å². The van der Waals surface area contributed by atoms with Gasteiger partial charge in [-0.05, 0) is 13.0 Å². The van der Waals surface area contributed by atoms with Gasteiger partial charge in [0.05, 0.1) is 4.92 Å². The molecule has 76 valence electrons. The highest BCUT2D eigenvalue weighted by atomic mass is 31.2. The van der Waals surface area contributed by atoms with Gasteiger partial charge in [0.1, 0.15) is 5.30 Å². The molecule has 0 fully saturated rings. The van der Waals surface area contributed by atoms with Crippen molar-refractivity contribution in [1.29, 1.82) is 0 Å². The van der Waals surface area contributed by atoms with Gasteiger partial charge < -0.3 is 4.89 Å². The number of nitro groups is 1. The molecule has 0 aliphatic carbocycles. The van der Waals surface area contributed by atoms with E-state index in [-0.39, 0.29) is 11.0 Å². The Morgan fingerprint density at radius 2 is 2.07 bits per heavy atom. The summed E-state index contributed by atoms with van der Waals surface area (Å²) >= 11 is 0. The van der Waals surface area contributed by atoms with E-state index in [1.165, 1.54) is 25.1 Å². The summed E-state index contributed by atoms with van der Waals surface area (Å²) < 4.78 is 11.3. The average molecular weight is 215 g/mol. The fraction of sp³-hybridized carbons (Fsp3) is 0.250. The lowest BCUT2D eigenvalue weighted by atomic mass is 10.2. The zero-order valence-electron chi connectivity index (χ0n) is 7.80. The van der Waals surface area contributed by atoms with E-state index in [4.69, 9.17) is 0 Å². The van der Waals surface area contributed by atoms with E-state index in [1.54, 1.807) is 0 Å². The topological polar surface area (TPSA) is 80.4 Å². The first-order chi connectivity index (χ1) is 6.34. The molecule has 0 saturated heterocycles. The second-order valence-corrected chi connectivity index (χ2v) is 5.32. The monoisotopic (exact) mass is 215 g/mol. The van der Waals surface area contributed by atoms with Crippen molar-refractivity contribution in [3.05, 3.63) is 33.9 Å². The maximum absolute atomic E-state index is 11.3. The minimum Gasteiger partial charge on any atom is -0.341 e. The van der Waals surface area contributed by atoms with E-state index < -0.39 is 12.3 Å². The number of hydrogen-bond donors (Lipinski definition) is 1. The molecule has 0 heterocycles. The molecule has 1 rings (SSSR count). The SMILES string of the molecule is Cc1cccc(P(C)(=O)O)c1[N+](=O)[O-]. The van der Waals surface area contributed by atoms with Gasteiger partial charge in [-0.15, -0.1) is 0 Å². The number of nitro benzene ring substituents is 1. The van der Waals surface area contributed by atoms with Crippen molar-refractivity contribution in [2.45, 2.75) is 6.92 Å². The molecule has 1 atom stereocenters. The first-order valence-electron chi connectivity index (χ1n) is 3.89. The minimum atomic E-state index is -3.58. The van der Waals surface area contributed by atoms with Gasteiger partial charge in [-0.3, -0.25) is 14.7 Å². The van der Waals surface area contributed by atoms with Gasteiger partial charge in [0.15, 0.2) is 0 Å². The summed E-state index contributed by atoms with van der Waals surface area (Å²) in [5.74, 6) is 0. The Labute approximate surface area is 81.0 Å². The molecular formula is C8H10NO4P. The van der Waals surface area contributed by atoms with Crippen LogP contribution in [0.3, 0.4) is 0 Å². The van der Waals surface area contributed by atoms with Crippen LogP contribution in [0.1, 0.15) is 5.56 Å². The van der Waals surface area contributed by atoms with E-state index in [9.17, 15) is 19.6 Å². The van der Waals surface area contributed by atoms with Gasteiger partial charge in [0, 0.05) is 12.2 Å². The zero-order valence-corrected chi connectivity index (χ0v) is 8.69. The second-order valence-electron chi connectivity index (χ2n) is 3.08. The largest absolute Gasteiger partial charge is 0.341 e. The Hall–Kier alpha value is -1.19. The van der Waals surface area contributed by atoms with Gasteiger partial charge in [-0.2, -0.15) is 0 Å². The Bertz CT molecular complexity index is 423. The molecule has 5 nitrogen and oxygen atoms in total. The van der Waals surface area contributed by atoms with Crippen molar-refractivity contribution >= 4 is 18.4 Å². The third-order valence-electron chi connectivity index (χ3n) is 1.85. The van der Waals surface area contributed by atoms with Crippen LogP contribution in [0.25, 0.3) is 0 Å². The highest BCUT2D eigenvalue weighted by Crippen LogP contribution is 2.38. The number of hydrogen-bond acceptors (Lipinski definition) is 3. The first kappa shape index (κ1) is 10.9. The standard InChI is InChI=1S/C8H10NO4P/c1-6-4-3-5-7(14(2,12)13)8(6)9(10)11/h3-5H,1-2H3,(H,12,13). The third kappa shape index (κ3) is 2.00. The highest BCUT2D eigenvalue weighted by Gasteiger charge is 2.26. The summed E-state index contributed by atoms with van der Waals surface area (Å²) in [6.45, 7) is 2.63. The number of nitrogens with zero attached hydrogens (tertiary/aromatic N) is 1. The Balaban J connectivity index is 3.52. The summed E-state index contributed by atoms with van der Waals surface area (Å²) in [6.07, 6.45) is 0. The molecule has 1 aromatic rings. The molecule has 1 N–H and O–H groups in total. The van der Waals surface area contributed by atoms with Crippen molar-refractivity contribution in [2.75, 3.05) is 6.66 Å². The quantitative estimate of drug-likeness (QED) is 0.459. The smallest absolute Gasteiger partial charge is 0.285 e. The zero-order chi connectivity index (χ0) is 10.9. The number of benzene rings is 1. The predicted molar refractivity (Wildman–Crippen MR) is 53.2 cm³/mol. The molecular weight excluding hydrogens is 205 g/mol. The van der Waals surface area contributed by atoms with Gasteiger partial charge in [-0.1, -0.05) is 12.1 Å². The number of aryl methyl sites for hydroxylation is 1. The van der Waals surface area contributed by atoms with E-state index >= 15 is 0 Å². The van der Waals surface area contributed by atoms with Crippen LogP contribution in [0.15, 0.2) is 18.2 Å². The van der Waals surface area contributed by atoms with Crippen LogP contribution in [0.4, 0.5) is 5.69 Å². The van der Waals surface area contributed by atoms with Crippen LogP contribution in [0, 0.1) is 17.0 Å². The molecule has 14 heavy (non-hydrogen) atoms. The molecule has 0 aliphatic heterocycles. The van der Waals surface area contributed by atoms with E-state index in [0.29, 0.717) is 5.56 Å². The molecule has 6 heteroatoms. The molecule has 0 aliphatic rings. The summed E-state index contributed by atoms with van der Waals surface area (Å²) in [5, 5.41) is 10.6. The van der Waals surface area contributed by atoms with Crippen LogP contribution in [0.5, 0.6) is 0 Å². The normalized spacial score (nSPS) is 14.8. The van der Waals surface area contributed by atoms with Crippen LogP contribution in [-0.4, -0.2) is 16.5 Å². The third-order valence-corrected chi connectivity index (χ3v) is 3.10. The van der Waals surface area contributed by atoms with Gasteiger partial charge in [0.25, 0.3) is 5.69 Å². The number of para-hydroxylation sites is 1. The minimum absolute atomic E-state index is 0.0949. The molecule has 1 unspecified atom stereocenters. The second kappa shape index (κ2) is 3.52. The molecule has 0 spiro atoms. The van der Waals surface area contributed by atoms with Crippen LogP contribution in [0.2, 0.25) is 0 Å². The average Bonchev–Trinajstić information content (AvgIpc) is 2.01. The lowest BCUT2D eigenvalue weighted by molar-refractivity contribution is -0.384. The van der Waals surface area contributed by atoms with Crippen LogP contribution >= 0.6 is 7.37 Å². The van der Waals surface area contributed by atoms with Gasteiger partial charge in [0.2, 0.25) is 7.37 Å². The maximum Gasteiger partial charge on any atom is 0.285 e. The molecule has 1 aromatic carbocycles. The van der Waals surface area contributed by atoms with E-state index in [1.807, 2.05) is 0 Å². The highest BCUT2D eigenvalue weighted by molar-refractivity contribution is 7.65. The van der Waals surface area contributed by atoms with Crippen molar-refractivity contribution in [1.82, 2.24) is 0 Å². The van der Waals surface area contributed by atoms with Crippen molar-refractivity contribution in [3.63, 3.8) is 0 Å². The first-order valence-corrected chi connectivity index (χ1v) is 5.99. The Morgan fingerprint density at radius 1 is 1.50 bits per heavy atom. The maximum atomic E-state index is 11.3. The van der Waals surface area contributed by atoms with Crippen LogP contribution in [-0.2, 0) is 4.57 Å². The fourth-order valence-electron chi connectivity index (χ4n) is 1.22. The molecule has 0 bridgehead atoms. The van der Waals surface area contributed by atoms with Gasteiger partial charge >= 0.3 is 0 Å². The Kier molecular flexibility index (Phi) is 2.73. The fourth-order valence-corrected chi connectivity index (χ4v) is 2.23. The summed E-state index contributed by atoms with van der Waals surface area (Å²) in [5.41, 5.74) is 0.129. The van der Waals surface area contributed by atoms with Crippen LogP contribution < -0.4 is 5.30 Å². The van der Waals surface area contributed by atoms with E-state index in [2.05, 4.69) is 0 Å². The predicted octanol–water partition coefficient (Wildman–Crippen LogP) is 1.43. The van der Waals surface area contributed by atoms with E-state index in [0.717, 1.165) is 6.66 Å². The lowest BCUT2D eigenvalue weighted by Gasteiger charge is -2.07.